The van der Waals surface area contributed by atoms with Gasteiger partial charge in [0.05, 0.1) is 5.56 Å². The summed E-state index contributed by atoms with van der Waals surface area (Å²) in [6.45, 7) is 1.94. The molecule has 0 unspecified atom stereocenters. The molecule has 2 aromatic rings. The molecule has 0 aliphatic heterocycles. The summed E-state index contributed by atoms with van der Waals surface area (Å²) in [4.78, 5) is 0. The van der Waals surface area contributed by atoms with E-state index in [1.807, 2.05) is 0 Å². The molecular weight excluding hydrogens is 339 g/mol. The summed E-state index contributed by atoms with van der Waals surface area (Å²) in [5.74, 6) is -0.406. The molecular formula is C10H10BrFN4O2S. The topological polar surface area (TPSA) is 90.9 Å². The van der Waals surface area contributed by atoms with Crippen molar-refractivity contribution in [1.82, 2.24) is 14.8 Å². The predicted octanol–water partition coefficient (Wildman–Crippen LogP) is 1.51. The van der Waals surface area contributed by atoms with Crippen LogP contribution in [0.25, 0.3) is 11.4 Å². The summed E-state index contributed by atoms with van der Waals surface area (Å²) in [5.41, 5.74) is 0.152. The van der Waals surface area contributed by atoms with Crippen molar-refractivity contribution in [2.45, 2.75) is 18.6 Å². The molecule has 19 heavy (non-hydrogen) atoms. The number of nitrogens with zero attached hydrogens (tertiary/aromatic N) is 3. The Morgan fingerprint density at radius 1 is 1.42 bits per heavy atom. The number of primary sulfonamides is 1. The normalized spacial score (nSPS) is 11.8. The monoisotopic (exact) mass is 348 g/mol. The Hall–Kier alpha value is -1.32. The van der Waals surface area contributed by atoms with Crippen molar-refractivity contribution >= 4 is 26.0 Å². The van der Waals surface area contributed by atoms with Gasteiger partial charge in [-0.2, -0.15) is 0 Å². The highest BCUT2D eigenvalue weighted by Gasteiger charge is 2.22. The van der Waals surface area contributed by atoms with Crippen molar-refractivity contribution in [2.24, 2.45) is 5.14 Å². The molecule has 6 nitrogen and oxygen atoms in total. The highest BCUT2D eigenvalue weighted by Crippen LogP contribution is 2.26. The van der Waals surface area contributed by atoms with Crippen LogP contribution in [0, 0.1) is 5.82 Å². The van der Waals surface area contributed by atoms with Crippen LogP contribution in [0.5, 0.6) is 0 Å². The van der Waals surface area contributed by atoms with Gasteiger partial charge < -0.3 is 0 Å². The number of benzene rings is 1. The van der Waals surface area contributed by atoms with E-state index >= 15 is 0 Å². The standard InChI is InChI=1S/C10H10BrFN4O2S/c1-2-16-9(14-15-10(16)19(13,17)18)7-5-6(11)3-4-8(7)12/h3-5H,2H2,1H3,(H2,13,17,18). The van der Waals surface area contributed by atoms with Crippen LogP contribution >= 0.6 is 15.9 Å². The van der Waals surface area contributed by atoms with Crippen LogP contribution in [-0.2, 0) is 16.6 Å². The summed E-state index contributed by atoms with van der Waals surface area (Å²) in [5, 5.41) is 11.9. The van der Waals surface area contributed by atoms with Crippen LogP contribution in [0.1, 0.15) is 6.92 Å². The third-order valence-electron chi connectivity index (χ3n) is 2.46. The molecule has 0 saturated heterocycles. The first-order valence-electron chi connectivity index (χ1n) is 5.26. The molecule has 0 bridgehead atoms. The molecule has 102 valence electrons. The van der Waals surface area contributed by atoms with E-state index in [2.05, 4.69) is 26.1 Å². The first-order chi connectivity index (χ1) is 8.84. The van der Waals surface area contributed by atoms with Crippen LogP contribution in [0.2, 0.25) is 0 Å². The van der Waals surface area contributed by atoms with E-state index in [0.29, 0.717) is 4.47 Å². The van der Waals surface area contributed by atoms with Crippen LogP contribution in [0.3, 0.4) is 0 Å². The van der Waals surface area contributed by atoms with Gasteiger partial charge in [-0.1, -0.05) is 15.9 Å². The predicted molar refractivity (Wildman–Crippen MR) is 70.2 cm³/mol. The van der Waals surface area contributed by atoms with Crippen LogP contribution in [0.4, 0.5) is 4.39 Å². The second kappa shape index (κ2) is 4.99. The number of hydrogen-bond acceptors (Lipinski definition) is 4. The highest BCUT2D eigenvalue weighted by atomic mass is 79.9. The molecule has 0 spiro atoms. The first-order valence-corrected chi connectivity index (χ1v) is 7.60. The minimum Gasteiger partial charge on any atom is -0.297 e. The fourth-order valence-corrected chi connectivity index (χ4v) is 2.69. The molecule has 2 N–H and O–H groups in total. The fourth-order valence-electron chi connectivity index (χ4n) is 1.65. The summed E-state index contributed by atoms with van der Waals surface area (Å²) in [7, 11) is -4.00. The molecule has 0 amide bonds. The van der Waals surface area contributed by atoms with Crippen LogP contribution < -0.4 is 5.14 Å². The molecule has 9 heteroatoms. The van der Waals surface area contributed by atoms with Crippen LogP contribution in [0.15, 0.2) is 27.8 Å². The van der Waals surface area contributed by atoms with E-state index in [1.54, 1.807) is 6.92 Å². The maximum absolute atomic E-state index is 13.8. The number of nitrogens with two attached hydrogens (primary N) is 1. The second-order valence-corrected chi connectivity index (χ2v) is 6.09. The minimum atomic E-state index is -4.00. The van der Waals surface area contributed by atoms with Crippen molar-refractivity contribution in [3.63, 3.8) is 0 Å². The van der Waals surface area contributed by atoms with Gasteiger partial charge in [0.25, 0.3) is 15.2 Å². The average Bonchev–Trinajstić information content (AvgIpc) is 2.75. The van der Waals surface area contributed by atoms with Crippen molar-refractivity contribution < 1.29 is 12.8 Å². The van der Waals surface area contributed by atoms with Crippen molar-refractivity contribution in [3.8, 4) is 11.4 Å². The van der Waals surface area contributed by atoms with Gasteiger partial charge in [-0.05, 0) is 25.1 Å². The third-order valence-corrected chi connectivity index (χ3v) is 3.76. The lowest BCUT2D eigenvalue weighted by atomic mass is 10.2. The van der Waals surface area contributed by atoms with Crippen molar-refractivity contribution in [2.75, 3.05) is 0 Å². The third kappa shape index (κ3) is 2.67. The van der Waals surface area contributed by atoms with E-state index in [9.17, 15) is 12.8 Å². The highest BCUT2D eigenvalue weighted by molar-refractivity contribution is 9.10. The molecule has 0 atom stereocenters. The number of rotatable bonds is 3. The summed E-state index contributed by atoms with van der Waals surface area (Å²) in [6, 6.07) is 4.29. The number of aromatic nitrogens is 3. The molecule has 2 rings (SSSR count). The zero-order valence-electron chi connectivity index (χ0n) is 9.84. The van der Waals surface area contributed by atoms with E-state index in [4.69, 9.17) is 5.14 Å². The van der Waals surface area contributed by atoms with E-state index < -0.39 is 15.8 Å². The van der Waals surface area contributed by atoms with E-state index in [0.717, 1.165) is 0 Å². The smallest absolute Gasteiger partial charge is 0.273 e. The van der Waals surface area contributed by atoms with Gasteiger partial charge >= 0.3 is 0 Å². The lowest BCUT2D eigenvalue weighted by Gasteiger charge is -2.07. The zero-order chi connectivity index (χ0) is 14.2. The molecule has 0 aliphatic rings. The lowest BCUT2D eigenvalue weighted by molar-refractivity contribution is 0.569. The Bertz CT molecular complexity index is 729. The molecule has 0 saturated carbocycles. The SMILES string of the molecule is CCn1c(-c2cc(Br)ccc2F)nnc1S(N)(=O)=O. The molecule has 1 aromatic heterocycles. The van der Waals surface area contributed by atoms with Gasteiger partial charge in [0, 0.05) is 11.0 Å². The summed E-state index contributed by atoms with van der Waals surface area (Å²) >= 11 is 3.22. The van der Waals surface area contributed by atoms with Gasteiger partial charge in [-0.15, -0.1) is 10.2 Å². The Balaban J connectivity index is 2.70. The largest absolute Gasteiger partial charge is 0.297 e. The molecule has 0 aliphatic carbocycles. The Morgan fingerprint density at radius 2 is 2.11 bits per heavy atom. The number of sulfonamides is 1. The maximum atomic E-state index is 13.8. The lowest BCUT2D eigenvalue weighted by Crippen LogP contribution is -2.18. The summed E-state index contributed by atoms with van der Waals surface area (Å²) < 4.78 is 38.4. The van der Waals surface area contributed by atoms with Crippen molar-refractivity contribution in [3.05, 3.63) is 28.5 Å². The zero-order valence-corrected chi connectivity index (χ0v) is 12.2. The quantitative estimate of drug-likeness (QED) is 0.910. The number of hydrogen-bond donors (Lipinski definition) is 1. The van der Waals surface area contributed by atoms with Gasteiger partial charge in [-0.3, -0.25) is 4.57 Å². The molecule has 0 fully saturated rings. The van der Waals surface area contributed by atoms with Crippen LogP contribution in [-0.4, -0.2) is 23.2 Å². The second-order valence-electron chi connectivity index (χ2n) is 3.72. The minimum absolute atomic E-state index is 0.116. The van der Waals surface area contributed by atoms with Gasteiger partial charge in [-0.25, -0.2) is 17.9 Å². The van der Waals surface area contributed by atoms with Crippen molar-refractivity contribution in [1.29, 1.82) is 0 Å². The van der Waals surface area contributed by atoms with Gasteiger partial charge in [0.15, 0.2) is 5.82 Å². The summed E-state index contributed by atoms with van der Waals surface area (Å²) in [6.07, 6.45) is 0. The average molecular weight is 349 g/mol. The Morgan fingerprint density at radius 3 is 2.68 bits per heavy atom. The van der Waals surface area contributed by atoms with Gasteiger partial charge in [0.1, 0.15) is 5.82 Å². The fraction of sp³-hybridized carbons (Fsp3) is 0.200. The molecule has 0 radical (unpaired) electrons. The number of halogens is 2. The van der Waals surface area contributed by atoms with Gasteiger partial charge in [0.2, 0.25) is 0 Å². The maximum Gasteiger partial charge on any atom is 0.273 e. The van der Waals surface area contributed by atoms with E-state index in [1.165, 1.54) is 22.8 Å². The Kier molecular flexibility index (Phi) is 3.70. The molecule has 1 heterocycles. The first kappa shape index (κ1) is 14.1. The van der Waals surface area contributed by atoms with E-state index in [-0.39, 0.29) is 23.1 Å². The Labute approximate surface area is 117 Å². The molecule has 1 aromatic carbocycles.